The lowest BCUT2D eigenvalue weighted by molar-refractivity contribution is 0.0745. The molecule has 1 aliphatic heterocycles. The SMILES string of the molecule is CNC(=O)c1ccc(O)c(C(=O)N2Cc3ccc(OCCCl)cc3C2)c1O. The first-order valence-electron chi connectivity index (χ1n) is 8.33. The van der Waals surface area contributed by atoms with Crippen LogP contribution >= 0.6 is 11.6 Å². The lowest BCUT2D eigenvalue weighted by atomic mass is 10.1. The van der Waals surface area contributed by atoms with Gasteiger partial charge in [0, 0.05) is 20.1 Å². The van der Waals surface area contributed by atoms with Crippen LogP contribution in [-0.4, -0.2) is 46.5 Å². The highest BCUT2D eigenvalue weighted by Gasteiger charge is 2.30. The highest BCUT2D eigenvalue weighted by molar-refractivity contribution is 6.18. The molecule has 0 aliphatic carbocycles. The van der Waals surface area contributed by atoms with Crippen molar-refractivity contribution in [2.24, 2.45) is 0 Å². The predicted octanol–water partition coefficient (Wildman–Crippen LogP) is 2.23. The quantitative estimate of drug-likeness (QED) is 0.680. The van der Waals surface area contributed by atoms with Crippen molar-refractivity contribution >= 4 is 23.4 Å². The van der Waals surface area contributed by atoms with Crippen molar-refractivity contribution < 1.29 is 24.5 Å². The Morgan fingerprint density at radius 1 is 1.19 bits per heavy atom. The van der Waals surface area contributed by atoms with Gasteiger partial charge in [0.05, 0.1) is 11.4 Å². The number of phenolic OH excluding ortho intramolecular Hbond substituents is 2. The zero-order valence-corrected chi connectivity index (χ0v) is 15.4. The van der Waals surface area contributed by atoms with E-state index in [0.717, 1.165) is 11.1 Å². The molecule has 3 rings (SSSR count). The Bertz CT molecular complexity index is 900. The summed E-state index contributed by atoms with van der Waals surface area (Å²) in [4.78, 5) is 26.2. The molecule has 1 heterocycles. The lowest BCUT2D eigenvalue weighted by Gasteiger charge is -2.18. The summed E-state index contributed by atoms with van der Waals surface area (Å²) in [5, 5.41) is 22.8. The van der Waals surface area contributed by atoms with E-state index in [0.29, 0.717) is 31.3 Å². The minimum atomic E-state index is -0.560. The number of hydrogen-bond acceptors (Lipinski definition) is 5. The van der Waals surface area contributed by atoms with Crippen LogP contribution in [0.15, 0.2) is 30.3 Å². The van der Waals surface area contributed by atoms with Crippen molar-refractivity contribution in [3.8, 4) is 17.2 Å². The van der Waals surface area contributed by atoms with Gasteiger partial charge in [0.1, 0.15) is 29.4 Å². The van der Waals surface area contributed by atoms with Gasteiger partial charge >= 0.3 is 0 Å². The minimum absolute atomic E-state index is 0.0767. The third-order valence-corrected chi connectivity index (χ3v) is 4.53. The van der Waals surface area contributed by atoms with Crippen LogP contribution in [0.25, 0.3) is 0 Å². The second-order valence-corrected chi connectivity index (χ2v) is 6.44. The molecule has 0 saturated carbocycles. The number of fused-ring (bicyclic) bond motifs is 1. The molecule has 27 heavy (non-hydrogen) atoms. The van der Waals surface area contributed by atoms with Gasteiger partial charge in [-0.15, -0.1) is 11.6 Å². The van der Waals surface area contributed by atoms with Crippen LogP contribution in [0, 0.1) is 0 Å². The van der Waals surface area contributed by atoms with E-state index in [1.54, 1.807) is 6.07 Å². The van der Waals surface area contributed by atoms with E-state index in [1.165, 1.54) is 24.1 Å². The van der Waals surface area contributed by atoms with E-state index >= 15 is 0 Å². The number of ether oxygens (including phenoxy) is 1. The molecule has 8 heteroatoms. The van der Waals surface area contributed by atoms with Gasteiger partial charge in [-0.2, -0.15) is 0 Å². The predicted molar refractivity (Wildman–Crippen MR) is 99.4 cm³/mol. The van der Waals surface area contributed by atoms with Crippen LogP contribution in [0.5, 0.6) is 17.2 Å². The molecule has 7 nitrogen and oxygen atoms in total. The average Bonchev–Trinajstić information content (AvgIpc) is 3.09. The van der Waals surface area contributed by atoms with Gasteiger partial charge < -0.3 is 25.2 Å². The molecule has 3 N–H and O–H groups in total. The molecule has 2 aromatic carbocycles. The van der Waals surface area contributed by atoms with Crippen LogP contribution in [0.1, 0.15) is 31.8 Å². The van der Waals surface area contributed by atoms with Crippen LogP contribution in [-0.2, 0) is 13.1 Å². The van der Waals surface area contributed by atoms with Gasteiger partial charge in [-0.25, -0.2) is 0 Å². The second kappa shape index (κ2) is 7.75. The van der Waals surface area contributed by atoms with Crippen LogP contribution in [0.2, 0.25) is 0 Å². The molecule has 0 saturated heterocycles. The summed E-state index contributed by atoms with van der Waals surface area (Å²) < 4.78 is 5.49. The third kappa shape index (κ3) is 3.64. The molecule has 2 amide bonds. The normalized spacial score (nSPS) is 12.6. The number of amides is 2. The fraction of sp³-hybridized carbons (Fsp3) is 0.263. The Labute approximate surface area is 161 Å². The number of phenols is 2. The molecule has 0 atom stereocenters. The number of hydrogen-bond donors (Lipinski definition) is 3. The number of benzene rings is 2. The standard InChI is InChI=1S/C19H19ClN2O5/c1-21-18(25)14-4-5-15(23)16(17(14)24)19(26)22-9-11-2-3-13(27-7-6-20)8-12(11)10-22/h2-5,8,23-24H,6-7,9-10H2,1H3,(H,21,25). The molecule has 0 fully saturated rings. The van der Waals surface area contributed by atoms with E-state index in [1.807, 2.05) is 12.1 Å². The van der Waals surface area contributed by atoms with Gasteiger partial charge in [-0.1, -0.05) is 6.07 Å². The number of halogens is 1. The fourth-order valence-electron chi connectivity index (χ4n) is 3.03. The van der Waals surface area contributed by atoms with Crippen molar-refractivity contribution in [3.63, 3.8) is 0 Å². The zero-order valence-electron chi connectivity index (χ0n) is 14.7. The van der Waals surface area contributed by atoms with E-state index in [2.05, 4.69) is 5.32 Å². The number of carbonyl (C=O) groups excluding carboxylic acids is 2. The van der Waals surface area contributed by atoms with Crippen molar-refractivity contribution in [3.05, 3.63) is 52.6 Å². The third-order valence-electron chi connectivity index (χ3n) is 4.37. The van der Waals surface area contributed by atoms with Crippen LogP contribution < -0.4 is 10.1 Å². The van der Waals surface area contributed by atoms with Crippen LogP contribution in [0.4, 0.5) is 0 Å². The number of rotatable bonds is 5. The Morgan fingerprint density at radius 2 is 1.93 bits per heavy atom. The smallest absolute Gasteiger partial charge is 0.262 e. The van der Waals surface area contributed by atoms with Gasteiger partial charge in [0.15, 0.2) is 0 Å². The summed E-state index contributed by atoms with van der Waals surface area (Å²) in [6.45, 7) is 1.01. The number of nitrogens with one attached hydrogen (secondary N) is 1. The number of nitrogens with zero attached hydrogens (tertiary/aromatic N) is 1. The van der Waals surface area contributed by atoms with Crippen molar-refractivity contribution in [1.82, 2.24) is 10.2 Å². The summed E-state index contributed by atoms with van der Waals surface area (Å²) in [7, 11) is 1.41. The Hall–Kier alpha value is -2.93. The largest absolute Gasteiger partial charge is 0.507 e. The molecule has 0 spiro atoms. The molecular weight excluding hydrogens is 372 g/mol. The number of alkyl halides is 1. The molecule has 0 bridgehead atoms. The maximum absolute atomic E-state index is 12.9. The van der Waals surface area contributed by atoms with E-state index in [9.17, 15) is 19.8 Å². The Morgan fingerprint density at radius 3 is 2.63 bits per heavy atom. The van der Waals surface area contributed by atoms with Gasteiger partial charge in [0.25, 0.3) is 11.8 Å². The number of aromatic hydroxyl groups is 2. The van der Waals surface area contributed by atoms with Gasteiger partial charge in [-0.3, -0.25) is 9.59 Å². The van der Waals surface area contributed by atoms with Gasteiger partial charge in [0.2, 0.25) is 0 Å². The monoisotopic (exact) mass is 390 g/mol. The van der Waals surface area contributed by atoms with E-state index in [4.69, 9.17) is 16.3 Å². The zero-order chi connectivity index (χ0) is 19.6. The summed E-state index contributed by atoms with van der Waals surface area (Å²) in [6.07, 6.45) is 0. The summed E-state index contributed by atoms with van der Waals surface area (Å²) in [5.41, 5.74) is 1.49. The van der Waals surface area contributed by atoms with Crippen molar-refractivity contribution in [1.29, 1.82) is 0 Å². The van der Waals surface area contributed by atoms with E-state index in [-0.39, 0.29) is 16.9 Å². The minimum Gasteiger partial charge on any atom is -0.507 e. The fourth-order valence-corrected chi connectivity index (χ4v) is 3.11. The average molecular weight is 391 g/mol. The molecule has 2 aromatic rings. The molecule has 0 radical (unpaired) electrons. The topological polar surface area (TPSA) is 99.1 Å². The highest BCUT2D eigenvalue weighted by Crippen LogP contribution is 2.35. The maximum Gasteiger partial charge on any atom is 0.262 e. The summed E-state index contributed by atoms with van der Waals surface area (Å²) in [6, 6.07) is 8.00. The Kier molecular flexibility index (Phi) is 5.41. The molecule has 142 valence electrons. The van der Waals surface area contributed by atoms with Crippen molar-refractivity contribution in [2.45, 2.75) is 13.1 Å². The summed E-state index contributed by atoms with van der Waals surface area (Å²) >= 11 is 5.62. The first kappa shape index (κ1) is 18.8. The first-order chi connectivity index (χ1) is 13.0. The molecule has 1 aliphatic rings. The number of carbonyl (C=O) groups is 2. The first-order valence-corrected chi connectivity index (χ1v) is 8.86. The molecular formula is C19H19ClN2O5. The van der Waals surface area contributed by atoms with E-state index < -0.39 is 17.6 Å². The van der Waals surface area contributed by atoms with Gasteiger partial charge in [-0.05, 0) is 35.4 Å². The van der Waals surface area contributed by atoms with Crippen LogP contribution in [0.3, 0.4) is 0 Å². The van der Waals surface area contributed by atoms with Crippen molar-refractivity contribution in [2.75, 3.05) is 19.5 Å². The summed E-state index contributed by atoms with van der Waals surface area (Å²) in [5.74, 6) is -0.991. The molecule has 0 unspecified atom stereocenters. The lowest BCUT2D eigenvalue weighted by Crippen LogP contribution is -2.26. The molecule has 0 aromatic heterocycles. The Balaban J connectivity index is 1.86. The maximum atomic E-state index is 12.9. The highest BCUT2D eigenvalue weighted by atomic mass is 35.5. The second-order valence-electron chi connectivity index (χ2n) is 6.06.